The highest BCUT2D eigenvalue weighted by Crippen LogP contribution is 2.58. The first kappa shape index (κ1) is 23.4. The summed E-state index contributed by atoms with van der Waals surface area (Å²) in [5.74, 6) is -0.583. The number of rotatable bonds is 1. The van der Waals surface area contributed by atoms with Crippen LogP contribution in [0.2, 0.25) is 0 Å². The van der Waals surface area contributed by atoms with E-state index in [4.69, 9.17) is 14.2 Å². The van der Waals surface area contributed by atoms with Gasteiger partial charge in [-0.3, -0.25) is 9.80 Å². The van der Waals surface area contributed by atoms with Gasteiger partial charge < -0.3 is 14.2 Å². The average Bonchev–Trinajstić information content (AvgIpc) is 3.05. The van der Waals surface area contributed by atoms with Crippen molar-refractivity contribution >= 4 is 39.8 Å². The number of hydrogen-bond donors (Lipinski definition) is 0. The van der Waals surface area contributed by atoms with Crippen molar-refractivity contribution in [3.8, 4) is 0 Å². The van der Waals surface area contributed by atoms with Crippen LogP contribution in [0.3, 0.4) is 0 Å². The number of halogens is 1. The second kappa shape index (κ2) is 7.69. The Morgan fingerprint density at radius 1 is 1.00 bits per heavy atom. The molecule has 0 aliphatic carbocycles. The summed E-state index contributed by atoms with van der Waals surface area (Å²) >= 11 is 3.78. The first-order chi connectivity index (χ1) is 14.2. The number of anilines is 1. The van der Waals surface area contributed by atoms with Crippen molar-refractivity contribution in [1.29, 1.82) is 0 Å². The van der Waals surface area contributed by atoms with Crippen LogP contribution < -0.4 is 4.90 Å². The first-order valence-corrected chi connectivity index (χ1v) is 10.9. The van der Waals surface area contributed by atoms with E-state index in [1.165, 1.54) is 16.9 Å². The van der Waals surface area contributed by atoms with Gasteiger partial charge in [0.25, 0.3) is 0 Å². The summed E-state index contributed by atoms with van der Waals surface area (Å²) in [4.78, 5) is 41.9. The number of amides is 2. The Bertz CT molecular complexity index is 906. The molecule has 1 aromatic rings. The summed E-state index contributed by atoms with van der Waals surface area (Å²) in [6.07, 6.45) is -2.00. The predicted octanol–water partition coefficient (Wildman–Crippen LogP) is 4.54. The highest BCUT2D eigenvalue weighted by molar-refractivity contribution is 9.09. The molecule has 2 heterocycles. The summed E-state index contributed by atoms with van der Waals surface area (Å²) in [5.41, 5.74) is -0.153. The van der Waals surface area contributed by atoms with Crippen LogP contribution in [0.5, 0.6) is 0 Å². The summed E-state index contributed by atoms with van der Waals surface area (Å²) in [7, 11) is 1.27. The molecule has 3 rings (SSSR count). The Kier molecular flexibility index (Phi) is 5.80. The second-order valence-electron chi connectivity index (χ2n) is 9.73. The Labute approximate surface area is 190 Å². The van der Waals surface area contributed by atoms with Crippen LogP contribution in [-0.2, 0) is 23.3 Å². The van der Waals surface area contributed by atoms with Crippen molar-refractivity contribution in [1.82, 2.24) is 4.90 Å². The molecule has 0 aromatic heterocycles. The molecular formula is C22H29BrN2O6. The SMILES string of the molecule is COC(=O)[C@@H]1C[C@@]2(Br)c3ccccc3N(C(=O)OC(C)(C)C)C2N1C(=O)OC(C)(C)C. The number of benzene rings is 1. The van der Waals surface area contributed by atoms with Crippen molar-refractivity contribution in [2.24, 2.45) is 0 Å². The van der Waals surface area contributed by atoms with Gasteiger partial charge in [0.05, 0.1) is 17.1 Å². The Morgan fingerprint density at radius 2 is 1.55 bits per heavy atom. The van der Waals surface area contributed by atoms with Crippen LogP contribution in [-0.4, -0.2) is 53.6 Å². The summed E-state index contributed by atoms with van der Waals surface area (Å²) in [6, 6.07) is 6.38. The number of para-hydroxylation sites is 1. The highest BCUT2D eigenvalue weighted by Gasteiger charge is 2.65. The number of ether oxygens (including phenoxy) is 3. The minimum absolute atomic E-state index is 0.208. The number of nitrogens with zero attached hydrogens (tertiary/aromatic N) is 2. The van der Waals surface area contributed by atoms with E-state index in [-0.39, 0.29) is 6.42 Å². The maximum atomic E-state index is 13.3. The standard InChI is InChI=1S/C22H29BrN2O6/c1-20(2,3)30-18(27)24-14-11-9-8-10-13(14)22(23)12-15(16(26)29-7)25(17(22)24)19(28)31-21(4,5)6/h8-11,15,17H,12H2,1-7H3/t15-,17?,22+/m0/s1. The van der Waals surface area contributed by atoms with Gasteiger partial charge in [-0.1, -0.05) is 34.1 Å². The second-order valence-corrected chi connectivity index (χ2v) is 11.1. The van der Waals surface area contributed by atoms with Crippen molar-refractivity contribution in [3.05, 3.63) is 29.8 Å². The maximum absolute atomic E-state index is 13.3. The van der Waals surface area contributed by atoms with Gasteiger partial charge in [0, 0.05) is 6.42 Å². The Balaban J connectivity index is 2.15. The zero-order valence-corrected chi connectivity index (χ0v) is 20.5. The molecule has 1 fully saturated rings. The van der Waals surface area contributed by atoms with Crippen molar-refractivity contribution in [2.45, 2.75) is 75.7 Å². The molecule has 0 bridgehead atoms. The van der Waals surface area contributed by atoms with Crippen LogP contribution in [0, 0.1) is 0 Å². The molecular weight excluding hydrogens is 468 g/mol. The van der Waals surface area contributed by atoms with E-state index >= 15 is 0 Å². The minimum Gasteiger partial charge on any atom is -0.467 e. The van der Waals surface area contributed by atoms with Crippen LogP contribution in [0.15, 0.2) is 24.3 Å². The van der Waals surface area contributed by atoms with Crippen molar-refractivity contribution in [2.75, 3.05) is 12.0 Å². The minimum atomic E-state index is -0.942. The summed E-state index contributed by atoms with van der Waals surface area (Å²) < 4.78 is 15.3. The number of carbonyl (C=O) groups is 3. The summed E-state index contributed by atoms with van der Waals surface area (Å²) in [5, 5.41) is 0. The molecule has 170 valence electrons. The normalized spacial score (nSPS) is 25.0. The van der Waals surface area contributed by atoms with E-state index in [9.17, 15) is 14.4 Å². The quantitative estimate of drug-likeness (QED) is 0.322. The largest absolute Gasteiger partial charge is 0.467 e. The molecule has 2 aliphatic heterocycles. The van der Waals surface area contributed by atoms with Crippen LogP contribution in [0.25, 0.3) is 0 Å². The van der Waals surface area contributed by atoms with E-state index in [1.54, 1.807) is 47.6 Å². The Morgan fingerprint density at radius 3 is 2.10 bits per heavy atom. The van der Waals surface area contributed by atoms with Gasteiger partial charge >= 0.3 is 18.2 Å². The van der Waals surface area contributed by atoms with E-state index in [2.05, 4.69) is 15.9 Å². The third kappa shape index (κ3) is 4.24. The molecule has 3 atom stereocenters. The first-order valence-electron chi connectivity index (χ1n) is 10.1. The van der Waals surface area contributed by atoms with Gasteiger partial charge in [-0.15, -0.1) is 0 Å². The van der Waals surface area contributed by atoms with Crippen LogP contribution in [0.4, 0.5) is 15.3 Å². The molecule has 1 aromatic carbocycles. The fourth-order valence-corrected chi connectivity index (χ4v) is 5.07. The van der Waals surface area contributed by atoms with Crippen molar-refractivity contribution < 1.29 is 28.6 Å². The number of hydrogen-bond acceptors (Lipinski definition) is 6. The lowest BCUT2D eigenvalue weighted by atomic mass is 9.96. The Hall–Kier alpha value is -2.29. The summed E-state index contributed by atoms with van der Waals surface area (Å²) in [6.45, 7) is 10.5. The molecule has 9 heteroatoms. The lowest BCUT2D eigenvalue weighted by molar-refractivity contribution is -0.146. The average molecular weight is 497 g/mol. The third-order valence-corrected chi connectivity index (χ3v) is 6.18. The number of alkyl halides is 1. The zero-order valence-electron chi connectivity index (χ0n) is 18.9. The van der Waals surface area contributed by atoms with Crippen LogP contribution >= 0.6 is 15.9 Å². The topological polar surface area (TPSA) is 85.4 Å². The predicted molar refractivity (Wildman–Crippen MR) is 118 cm³/mol. The fourth-order valence-electron chi connectivity index (χ4n) is 4.00. The molecule has 2 amide bonds. The molecule has 2 aliphatic rings. The molecule has 0 N–H and O–H groups in total. The van der Waals surface area contributed by atoms with Gasteiger partial charge in [-0.05, 0) is 53.2 Å². The lowest BCUT2D eigenvalue weighted by Crippen LogP contribution is -2.57. The van der Waals surface area contributed by atoms with E-state index in [0.29, 0.717) is 5.69 Å². The number of fused-ring (bicyclic) bond motifs is 3. The highest BCUT2D eigenvalue weighted by atomic mass is 79.9. The monoisotopic (exact) mass is 496 g/mol. The number of carbonyl (C=O) groups excluding carboxylic acids is 3. The van der Waals surface area contributed by atoms with E-state index in [0.717, 1.165) is 5.56 Å². The molecule has 8 nitrogen and oxygen atoms in total. The van der Waals surface area contributed by atoms with Crippen molar-refractivity contribution in [3.63, 3.8) is 0 Å². The van der Waals surface area contributed by atoms with Gasteiger partial charge in [0.2, 0.25) is 0 Å². The molecule has 0 radical (unpaired) electrons. The molecule has 31 heavy (non-hydrogen) atoms. The van der Waals surface area contributed by atoms with Gasteiger partial charge in [0.15, 0.2) is 0 Å². The van der Waals surface area contributed by atoms with Gasteiger partial charge in [-0.2, -0.15) is 0 Å². The van der Waals surface area contributed by atoms with E-state index < -0.39 is 45.9 Å². The molecule has 0 saturated carbocycles. The fraction of sp³-hybridized carbons (Fsp3) is 0.591. The lowest BCUT2D eigenvalue weighted by Gasteiger charge is -2.37. The maximum Gasteiger partial charge on any atom is 0.416 e. The molecule has 1 unspecified atom stereocenters. The number of methoxy groups -OCH3 is 1. The number of likely N-dealkylation sites (tertiary alicyclic amines) is 1. The van der Waals surface area contributed by atoms with Crippen LogP contribution in [0.1, 0.15) is 53.5 Å². The van der Waals surface area contributed by atoms with Gasteiger partial charge in [0.1, 0.15) is 23.4 Å². The molecule has 1 saturated heterocycles. The molecule has 0 spiro atoms. The van der Waals surface area contributed by atoms with E-state index in [1.807, 2.05) is 18.2 Å². The number of esters is 1. The smallest absolute Gasteiger partial charge is 0.416 e. The van der Waals surface area contributed by atoms with Gasteiger partial charge in [-0.25, -0.2) is 14.4 Å². The third-order valence-electron chi connectivity index (χ3n) is 5.02. The zero-order chi connectivity index (χ0) is 23.4.